The van der Waals surface area contributed by atoms with Crippen molar-refractivity contribution in [3.63, 3.8) is 0 Å². The van der Waals surface area contributed by atoms with Crippen molar-refractivity contribution in [2.75, 3.05) is 7.11 Å². The number of hydrogen-bond acceptors (Lipinski definition) is 5. The first-order valence-electron chi connectivity index (χ1n) is 7.19. The Bertz CT molecular complexity index is 870. The van der Waals surface area contributed by atoms with E-state index in [4.69, 9.17) is 17.0 Å². The van der Waals surface area contributed by atoms with E-state index in [1.807, 2.05) is 25.1 Å². The number of methoxy groups -OCH3 is 1. The fraction of sp³-hybridized carbons (Fsp3) is 0.250. The first kappa shape index (κ1) is 17.6. The average Bonchev–Trinajstić information content (AvgIpc) is 2.51. The normalized spacial score (nSPS) is 11.2. The highest BCUT2D eigenvalue weighted by Crippen LogP contribution is 2.20. The minimum Gasteiger partial charge on any atom is -0.496 e. The first-order chi connectivity index (χ1) is 11.4. The van der Waals surface area contributed by atoms with Gasteiger partial charge in [-0.15, -0.1) is 0 Å². The smallest absolute Gasteiger partial charge is 0.251 e. The molecule has 0 unspecified atom stereocenters. The minimum atomic E-state index is -0.364. The summed E-state index contributed by atoms with van der Waals surface area (Å²) in [4.78, 5) is 28.5. The third kappa shape index (κ3) is 4.63. The van der Waals surface area contributed by atoms with E-state index in [0.29, 0.717) is 17.2 Å². The number of H-pyrrole nitrogens is 2. The van der Waals surface area contributed by atoms with Gasteiger partial charge in [0.2, 0.25) is 5.91 Å². The molecule has 0 saturated carbocycles. The Morgan fingerprint density at radius 2 is 2.08 bits per heavy atom. The van der Waals surface area contributed by atoms with E-state index in [2.05, 4.69) is 20.5 Å². The number of aromatic nitrogens is 2. The molecule has 0 atom stereocenters. The molecule has 8 heteroatoms. The third-order valence-corrected chi connectivity index (χ3v) is 3.46. The van der Waals surface area contributed by atoms with E-state index in [1.165, 1.54) is 6.07 Å². The number of nitrogens with one attached hydrogen (secondary N) is 3. The Balaban J connectivity index is 2.12. The molecule has 24 heavy (non-hydrogen) atoms. The number of aryl methyl sites for hydroxylation is 1. The van der Waals surface area contributed by atoms with Gasteiger partial charge in [-0.05, 0) is 38.2 Å². The van der Waals surface area contributed by atoms with Crippen LogP contribution < -0.4 is 15.7 Å². The molecule has 0 saturated heterocycles. The highest BCUT2D eigenvalue weighted by atomic mass is 32.1. The molecule has 0 aliphatic carbocycles. The Morgan fingerprint density at radius 1 is 1.33 bits per heavy atom. The molecule has 126 valence electrons. The summed E-state index contributed by atoms with van der Waals surface area (Å²) in [6.45, 7) is 3.74. The number of carbonyl (C=O) groups excluding carboxylic acids is 1. The van der Waals surface area contributed by atoms with Crippen molar-refractivity contribution in [3.05, 3.63) is 56.2 Å². The van der Waals surface area contributed by atoms with Crippen molar-refractivity contribution >= 4 is 23.8 Å². The van der Waals surface area contributed by atoms with Gasteiger partial charge in [-0.3, -0.25) is 14.6 Å². The van der Waals surface area contributed by atoms with E-state index in [1.54, 1.807) is 14.0 Å². The van der Waals surface area contributed by atoms with Crippen LogP contribution in [0.5, 0.6) is 5.75 Å². The SMILES string of the molecule is COc1ccc(C)cc1/C(C)=N\NC(=O)Cc1cc(=O)[nH]c(=S)[nH]1. The summed E-state index contributed by atoms with van der Waals surface area (Å²) >= 11 is 4.87. The predicted molar refractivity (Wildman–Crippen MR) is 94.0 cm³/mol. The van der Waals surface area contributed by atoms with E-state index >= 15 is 0 Å². The van der Waals surface area contributed by atoms with Gasteiger partial charge in [0, 0.05) is 17.3 Å². The van der Waals surface area contributed by atoms with Crippen molar-refractivity contribution < 1.29 is 9.53 Å². The summed E-state index contributed by atoms with van der Waals surface area (Å²) in [5, 5.41) is 4.10. The molecule has 0 aliphatic rings. The van der Waals surface area contributed by atoms with E-state index in [0.717, 1.165) is 11.1 Å². The zero-order chi connectivity index (χ0) is 17.7. The van der Waals surface area contributed by atoms with Gasteiger partial charge in [-0.25, -0.2) is 5.43 Å². The lowest BCUT2D eigenvalue weighted by molar-refractivity contribution is -0.120. The number of hydrogen-bond donors (Lipinski definition) is 3. The molecular weight excluding hydrogens is 328 g/mol. The third-order valence-electron chi connectivity index (χ3n) is 3.26. The molecule has 3 N–H and O–H groups in total. The fourth-order valence-corrected chi connectivity index (χ4v) is 2.37. The first-order valence-corrected chi connectivity index (χ1v) is 7.60. The van der Waals surface area contributed by atoms with Crippen LogP contribution in [0.3, 0.4) is 0 Å². The molecule has 1 heterocycles. The van der Waals surface area contributed by atoms with Crippen LogP contribution in [-0.2, 0) is 11.2 Å². The molecule has 1 aromatic carbocycles. The molecule has 0 bridgehead atoms. The maximum atomic E-state index is 12.0. The zero-order valence-corrected chi connectivity index (χ0v) is 14.4. The fourth-order valence-electron chi connectivity index (χ4n) is 2.14. The van der Waals surface area contributed by atoms with Gasteiger partial charge >= 0.3 is 0 Å². The lowest BCUT2D eigenvalue weighted by Crippen LogP contribution is -2.23. The minimum absolute atomic E-state index is 0.0324. The molecule has 1 aromatic heterocycles. The molecule has 2 aromatic rings. The monoisotopic (exact) mass is 346 g/mol. The molecular formula is C16H18N4O3S. The Morgan fingerprint density at radius 3 is 2.75 bits per heavy atom. The summed E-state index contributed by atoms with van der Waals surface area (Å²) in [5.74, 6) is 0.312. The molecule has 0 spiro atoms. The van der Waals surface area contributed by atoms with Gasteiger partial charge in [0.15, 0.2) is 4.77 Å². The second kappa shape index (κ2) is 7.69. The van der Waals surface area contributed by atoms with Crippen LogP contribution in [0, 0.1) is 11.7 Å². The summed E-state index contributed by atoms with van der Waals surface area (Å²) in [6.07, 6.45) is -0.0324. The Labute approximate surface area is 143 Å². The molecule has 0 fully saturated rings. The van der Waals surface area contributed by atoms with E-state index in [-0.39, 0.29) is 22.7 Å². The predicted octanol–water partition coefficient (Wildman–Crippen LogP) is 1.83. The number of hydrazone groups is 1. The number of nitrogens with zero attached hydrogens (tertiary/aromatic N) is 1. The number of aromatic amines is 2. The molecule has 1 amide bonds. The molecule has 7 nitrogen and oxygen atoms in total. The molecule has 2 rings (SSSR count). The number of carbonyl (C=O) groups is 1. The molecule has 0 radical (unpaired) electrons. The van der Waals surface area contributed by atoms with E-state index < -0.39 is 0 Å². The van der Waals surface area contributed by atoms with Gasteiger partial charge < -0.3 is 9.72 Å². The van der Waals surface area contributed by atoms with Crippen LogP contribution in [0.4, 0.5) is 0 Å². The lowest BCUT2D eigenvalue weighted by Gasteiger charge is -2.09. The van der Waals surface area contributed by atoms with Crippen LogP contribution in [0.15, 0.2) is 34.2 Å². The molecule has 0 aliphatic heterocycles. The topological polar surface area (TPSA) is 99.3 Å². The summed E-state index contributed by atoms with van der Waals surface area (Å²) < 4.78 is 5.48. The van der Waals surface area contributed by atoms with Gasteiger partial charge in [0.05, 0.1) is 19.2 Å². The second-order valence-corrected chi connectivity index (χ2v) is 5.63. The number of rotatable bonds is 5. The van der Waals surface area contributed by atoms with Gasteiger partial charge in [-0.1, -0.05) is 11.6 Å². The maximum Gasteiger partial charge on any atom is 0.251 e. The Kier molecular flexibility index (Phi) is 5.64. The van der Waals surface area contributed by atoms with Crippen molar-refractivity contribution in [3.8, 4) is 5.75 Å². The lowest BCUT2D eigenvalue weighted by atomic mass is 10.1. The largest absolute Gasteiger partial charge is 0.496 e. The highest BCUT2D eigenvalue weighted by molar-refractivity contribution is 7.71. The van der Waals surface area contributed by atoms with Crippen molar-refractivity contribution in [2.45, 2.75) is 20.3 Å². The summed E-state index contributed by atoms with van der Waals surface area (Å²) in [5.41, 5.74) is 5.00. The van der Waals surface area contributed by atoms with Crippen LogP contribution in [-0.4, -0.2) is 28.7 Å². The number of benzene rings is 1. The van der Waals surface area contributed by atoms with Gasteiger partial charge in [-0.2, -0.15) is 5.10 Å². The van der Waals surface area contributed by atoms with Crippen LogP contribution in [0.1, 0.15) is 23.7 Å². The second-order valence-electron chi connectivity index (χ2n) is 5.23. The number of amides is 1. The van der Waals surface area contributed by atoms with Crippen molar-refractivity contribution in [1.82, 2.24) is 15.4 Å². The van der Waals surface area contributed by atoms with Crippen molar-refractivity contribution in [1.29, 1.82) is 0 Å². The van der Waals surface area contributed by atoms with Crippen LogP contribution in [0.2, 0.25) is 0 Å². The standard InChI is InChI=1S/C16H18N4O3S/c1-9-4-5-13(23-3)12(6-9)10(2)19-20-15(22)8-11-7-14(21)18-16(24)17-11/h4-7H,8H2,1-3H3,(H,20,22)(H2,17,18,21,24)/b19-10-. The maximum absolute atomic E-state index is 12.0. The summed E-state index contributed by atoms with van der Waals surface area (Å²) in [6, 6.07) is 7.00. The highest BCUT2D eigenvalue weighted by Gasteiger charge is 2.08. The summed E-state index contributed by atoms with van der Waals surface area (Å²) in [7, 11) is 1.58. The Hall–Kier alpha value is -2.74. The quantitative estimate of drug-likeness (QED) is 0.437. The number of ether oxygens (including phenoxy) is 1. The van der Waals surface area contributed by atoms with Gasteiger partial charge in [0.25, 0.3) is 5.56 Å². The van der Waals surface area contributed by atoms with Gasteiger partial charge in [0.1, 0.15) is 5.75 Å². The zero-order valence-electron chi connectivity index (χ0n) is 13.6. The van der Waals surface area contributed by atoms with Crippen LogP contribution in [0.25, 0.3) is 0 Å². The average molecular weight is 346 g/mol. The van der Waals surface area contributed by atoms with E-state index in [9.17, 15) is 9.59 Å². The van der Waals surface area contributed by atoms with Crippen LogP contribution >= 0.6 is 12.2 Å². The van der Waals surface area contributed by atoms with Crippen molar-refractivity contribution in [2.24, 2.45) is 5.10 Å².